The van der Waals surface area contributed by atoms with Gasteiger partial charge in [0.1, 0.15) is 6.61 Å². The molecule has 1 rings (SSSR count). The van der Waals surface area contributed by atoms with Gasteiger partial charge in [-0.1, -0.05) is 23.7 Å². The van der Waals surface area contributed by atoms with Crippen LogP contribution < -0.4 is 5.32 Å². The van der Waals surface area contributed by atoms with Crippen LogP contribution in [0.15, 0.2) is 24.3 Å². The Morgan fingerprint density at radius 1 is 1.38 bits per heavy atom. The van der Waals surface area contributed by atoms with Crippen LogP contribution in [-0.4, -0.2) is 26.2 Å². The molecule has 0 fully saturated rings. The zero-order valence-corrected chi connectivity index (χ0v) is 9.51. The lowest BCUT2D eigenvalue weighted by Crippen LogP contribution is -2.20. The first-order chi connectivity index (χ1) is 7.68. The minimum absolute atomic E-state index is 0.283. The van der Waals surface area contributed by atoms with Crippen LogP contribution in [0.4, 0.5) is 8.78 Å². The van der Waals surface area contributed by atoms with Crippen molar-refractivity contribution in [3.63, 3.8) is 0 Å². The van der Waals surface area contributed by atoms with Crippen LogP contribution in [0.3, 0.4) is 0 Å². The van der Waals surface area contributed by atoms with E-state index < -0.39 is 13.0 Å². The average Bonchev–Trinajstić information content (AvgIpc) is 2.23. The summed E-state index contributed by atoms with van der Waals surface area (Å²) in [6.45, 7) is 0.974. The molecule has 0 saturated carbocycles. The molecule has 0 amide bonds. The van der Waals surface area contributed by atoms with Gasteiger partial charge in [-0.3, -0.25) is 0 Å². The van der Waals surface area contributed by atoms with Gasteiger partial charge >= 0.3 is 0 Å². The molecular formula is C11H14ClF2NO. The molecule has 0 bridgehead atoms. The van der Waals surface area contributed by atoms with Crippen LogP contribution in [0.25, 0.3) is 0 Å². The first-order valence-corrected chi connectivity index (χ1v) is 5.37. The summed E-state index contributed by atoms with van der Waals surface area (Å²) >= 11 is 5.81. The summed E-state index contributed by atoms with van der Waals surface area (Å²) in [6.07, 6.45) is -2.40. The second-order valence-corrected chi connectivity index (χ2v) is 3.71. The molecule has 0 aliphatic carbocycles. The zero-order chi connectivity index (χ0) is 11.8. The van der Waals surface area contributed by atoms with E-state index >= 15 is 0 Å². The van der Waals surface area contributed by atoms with Crippen molar-refractivity contribution in [3.05, 3.63) is 34.9 Å². The van der Waals surface area contributed by atoms with Crippen molar-refractivity contribution in [2.24, 2.45) is 0 Å². The Morgan fingerprint density at radius 3 is 2.88 bits per heavy atom. The van der Waals surface area contributed by atoms with Crippen molar-refractivity contribution in [3.8, 4) is 0 Å². The third kappa shape index (κ3) is 6.00. The molecule has 0 aliphatic heterocycles. The van der Waals surface area contributed by atoms with Crippen LogP contribution in [0.5, 0.6) is 0 Å². The Labute approximate surface area is 98.6 Å². The average molecular weight is 250 g/mol. The molecule has 0 radical (unpaired) electrons. The Hall–Kier alpha value is -0.710. The largest absolute Gasteiger partial charge is 0.374 e. The fourth-order valence-electron chi connectivity index (χ4n) is 1.20. The predicted octanol–water partition coefficient (Wildman–Crippen LogP) is 2.71. The predicted molar refractivity (Wildman–Crippen MR) is 60.0 cm³/mol. The summed E-state index contributed by atoms with van der Waals surface area (Å²) in [7, 11) is 0. The lowest BCUT2D eigenvalue weighted by atomic mass is 10.2. The first kappa shape index (κ1) is 13.4. The summed E-state index contributed by atoms with van der Waals surface area (Å²) < 4.78 is 28.1. The Bertz CT molecular complexity index is 310. The standard InChI is InChI=1S/C11H14ClF2NO/c12-10-3-1-2-9(6-10)7-15-4-5-16-8-11(13)14/h1-3,6,11,15H,4-5,7-8H2. The number of hydrogen-bond acceptors (Lipinski definition) is 2. The summed E-state index contributed by atoms with van der Waals surface area (Å²) in [5, 5.41) is 3.76. The van der Waals surface area contributed by atoms with Crippen molar-refractivity contribution in [2.75, 3.05) is 19.8 Å². The van der Waals surface area contributed by atoms with Crippen LogP contribution in [0, 0.1) is 0 Å². The lowest BCUT2D eigenvalue weighted by molar-refractivity contribution is 0.0187. The zero-order valence-electron chi connectivity index (χ0n) is 8.76. The maximum atomic E-state index is 11.7. The van der Waals surface area contributed by atoms with Gasteiger partial charge in [-0.25, -0.2) is 8.78 Å². The van der Waals surface area contributed by atoms with E-state index in [0.717, 1.165) is 5.56 Å². The SMILES string of the molecule is FC(F)COCCNCc1cccc(Cl)c1. The minimum atomic E-state index is -2.40. The van der Waals surface area contributed by atoms with Crippen molar-refractivity contribution < 1.29 is 13.5 Å². The molecule has 0 atom stereocenters. The van der Waals surface area contributed by atoms with E-state index in [4.69, 9.17) is 16.3 Å². The van der Waals surface area contributed by atoms with Gasteiger partial charge in [-0.2, -0.15) is 0 Å². The lowest BCUT2D eigenvalue weighted by Gasteiger charge is -2.06. The third-order valence-electron chi connectivity index (χ3n) is 1.89. The Balaban J connectivity index is 2.07. The smallest absolute Gasteiger partial charge is 0.261 e. The number of rotatable bonds is 7. The molecule has 1 N–H and O–H groups in total. The van der Waals surface area contributed by atoms with Gasteiger partial charge in [0.25, 0.3) is 6.43 Å². The van der Waals surface area contributed by atoms with E-state index in [9.17, 15) is 8.78 Å². The minimum Gasteiger partial charge on any atom is -0.374 e. The van der Waals surface area contributed by atoms with Gasteiger partial charge in [0.05, 0.1) is 6.61 Å². The summed E-state index contributed by atoms with van der Waals surface area (Å²) in [4.78, 5) is 0. The Kier molecular flexibility index (Phi) is 6.30. The number of hydrogen-bond donors (Lipinski definition) is 1. The van der Waals surface area contributed by atoms with Gasteiger partial charge in [0, 0.05) is 18.1 Å². The van der Waals surface area contributed by atoms with E-state index in [2.05, 4.69) is 5.32 Å². The highest BCUT2D eigenvalue weighted by Gasteiger charge is 2.00. The number of ether oxygens (including phenoxy) is 1. The first-order valence-electron chi connectivity index (χ1n) is 4.99. The second-order valence-electron chi connectivity index (χ2n) is 3.27. The maximum Gasteiger partial charge on any atom is 0.261 e. The topological polar surface area (TPSA) is 21.3 Å². The third-order valence-corrected chi connectivity index (χ3v) is 2.12. The van der Waals surface area contributed by atoms with Gasteiger partial charge in [-0.05, 0) is 17.7 Å². The summed E-state index contributed by atoms with van der Waals surface area (Å²) in [5.74, 6) is 0. The fourth-order valence-corrected chi connectivity index (χ4v) is 1.41. The molecule has 5 heteroatoms. The van der Waals surface area contributed by atoms with Crippen molar-refractivity contribution >= 4 is 11.6 Å². The highest BCUT2D eigenvalue weighted by Crippen LogP contribution is 2.09. The van der Waals surface area contributed by atoms with E-state index in [1.165, 1.54) is 0 Å². The number of benzene rings is 1. The van der Waals surface area contributed by atoms with Gasteiger partial charge in [-0.15, -0.1) is 0 Å². The molecule has 1 aromatic carbocycles. The second kappa shape index (κ2) is 7.54. The summed E-state index contributed by atoms with van der Waals surface area (Å²) in [5.41, 5.74) is 1.06. The van der Waals surface area contributed by atoms with E-state index in [1.54, 1.807) is 6.07 Å². The van der Waals surface area contributed by atoms with Crippen molar-refractivity contribution in [1.82, 2.24) is 5.32 Å². The van der Waals surface area contributed by atoms with Crippen molar-refractivity contribution in [1.29, 1.82) is 0 Å². The molecule has 0 unspecified atom stereocenters. The molecule has 2 nitrogen and oxygen atoms in total. The molecule has 0 aromatic heterocycles. The molecule has 90 valence electrons. The van der Waals surface area contributed by atoms with Gasteiger partial charge in [0.2, 0.25) is 0 Å². The fraction of sp³-hybridized carbons (Fsp3) is 0.455. The van der Waals surface area contributed by atoms with Gasteiger partial charge < -0.3 is 10.1 Å². The number of nitrogens with one attached hydrogen (secondary N) is 1. The molecule has 16 heavy (non-hydrogen) atoms. The highest BCUT2D eigenvalue weighted by atomic mass is 35.5. The molecular weight excluding hydrogens is 236 g/mol. The number of halogens is 3. The Morgan fingerprint density at radius 2 is 2.19 bits per heavy atom. The molecule has 0 spiro atoms. The van der Waals surface area contributed by atoms with Crippen LogP contribution in [0.1, 0.15) is 5.56 Å². The summed E-state index contributed by atoms with van der Waals surface area (Å²) in [6, 6.07) is 7.47. The number of alkyl halides is 2. The molecule has 0 saturated heterocycles. The van der Waals surface area contributed by atoms with Crippen LogP contribution >= 0.6 is 11.6 Å². The quantitative estimate of drug-likeness (QED) is 0.751. The molecule has 1 aromatic rings. The van der Waals surface area contributed by atoms with E-state index in [-0.39, 0.29) is 6.61 Å². The van der Waals surface area contributed by atoms with Crippen LogP contribution in [0.2, 0.25) is 5.02 Å². The monoisotopic (exact) mass is 249 g/mol. The molecule has 0 aliphatic rings. The molecule has 0 heterocycles. The van der Waals surface area contributed by atoms with Gasteiger partial charge in [0.15, 0.2) is 0 Å². The van der Waals surface area contributed by atoms with E-state index in [1.807, 2.05) is 18.2 Å². The maximum absolute atomic E-state index is 11.7. The van der Waals surface area contributed by atoms with E-state index in [0.29, 0.717) is 18.1 Å². The van der Waals surface area contributed by atoms with Crippen LogP contribution in [-0.2, 0) is 11.3 Å². The highest BCUT2D eigenvalue weighted by molar-refractivity contribution is 6.30. The van der Waals surface area contributed by atoms with Crippen molar-refractivity contribution in [2.45, 2.75) is 13.0 Å². The normalized spacial score (nSPS) is 11.0.